The van der Waals surface area contributed by atoms with Crippen LogP contribution in [0.3, 0.4) is 0 Å². The fraction of sp³-hybridized carbons (Fsp3) is 0.696. The average molecular weight is 550 g/mol. The minimum absolute atomic E-state index is 0.0798. The molecule has 0 aliphatic carbocycles. The lowest BCUT2D eigenvalue weighted by atomic mass is 9.89. The van der Waals surface area contributed by atoms with Crippen LogP contribution < -0.4 is 10.2 Å². The molecule has 1 aromatic carbocycles. The van der Waals surface area contributed by atoms with Crippen LogP contribution >= 0.6 is 11.6 Å². The van der Waals surface area contributed by atoms with Gasteiger partial charge in [-0.25, -0.2) is 9.18 Å². The Labute approximate surface area is 210 Å². The van der Waals surface area contributed by atoms with Crippen molar-refractivity contribution in [3.63, 3.8) is 0 Å². The van der Waals surface area contributed by atoms with Gasteiger partial charge in [-0.05, 0) is 51.7 Å². The number of anilines is 1. The van der Waals surface area contributed by atoms with E-state index >= 15 is 0 Å². The van der Waals surface area contributed by atoms with Crippen molar-refractivity contribution in [1.82, 2.24) is 10.2 Å². The number of halogens is 8. The third-order valence-corrected chi connectivity index (χ3v) is 6.66. The second kappa shape index (κ2) is 12.1. The number of alkyl halides is 7. The molecule has 1 aliphatic heterocycles. The number of nitrogens with zero attached hydrogens (tertiary/aromatic N) is 2. The molecule has 1 atom stereocenters. The maximum Gasteiger partial charge on any atom is 0.434 e. The largest absolute Gasteiger partial charge is 0.434 e. The number of ether oxygens (including phenoxy) is 1. The van der Waals surface area contributed by atoms with Gasteiger partial charge >= 0.3 is 18.4 Å². The van der Waals surface area contributed by atoms with Crippen LogP contribution in [0.1, 0.15) is 45.6 Å². The van der Waals surface area contributed by atoms with E-state index in [-0.39, 0.29) is 25.9 Å². The predicted molar refractivity (Wildman–Crippen MR) is 123 cm³/mol. The van der Waals surface area contributed by atoms with Crippen LogP contribution in [0.15, 0.2) is 18.2 Å². The summed E-state index contributed by atoms with van der Waals surface area (Å²) in [6, 6.07) is 5.51. The third-order valence-electron chi connectivity index (χ3n) is 6.22. The quantitative estimate of drug-likeness (QED) is 0.358. The lowest BCUT2D eigenvalue weighted by Gasteiger charge is -2.40. The van der Waals surface area contributed by atoms with Crippen molar-refractivity contribution >= 4 is 23.4 Å². The van der Waals surface area contributed by atoms with Gasteiger partial charge in [-0.15, -0.1) is 0 Å². The fourth-order valence-corrected chi connectivity index (χ4v) is 4.20. The highest BCUT2D eigenvalue weighted by molar-refractivity contribution is 6.34. The molecule has 206 valence electrons. The van der Waals surface area contributed by atoms with E-state index in [9.17, 15) is 35.5 Å². The Balaban J connectivity index is 1.98. The van der Waals surface area contributed by atoms with E-state index in [0.717, 1.165) is 16.2 Å². The maximum atomic E-state index is 13.3. The molecule has 1 fully saturated rings. The van der Waals surface area contributed by atoms with Gasteiger partial charge in [0.15, 0.2) is 0 Å². The van der Waals surface area contributed by atoms with E-state index in [4.69, 9.17) is 11.6 Å². The number of benzene rings is 1. The highest BCUT2D eigenvalue weighted by atomic mass is 35.5. The molecule has 0 aromatic heterocycles. The zero-order chi connectivity index (χ0) is 27.3. The third kappa shape index (κ3) is 8.29. The van der Waals surface area contributed by atoms with Gasteiger partial charge in [0, 0.05) is 38.3 Å². The van der Waals surface area contributed by atoms with Crippen molar-refractivity contribution in [3.05, 3.63) is 28.8 Å². The van der Waals surface area contributed by atoms with Gasteiger partial charge in [-0.1, -0.05) is 23.7 Å². The molecule has 1 heterocycles. The van der Waals surface area contributed by atoms with Gasteiger partial charge in [0.25, 0.3) is 6.10 Å². The zero-order valence-electron chi connectivity index (χ0n) is 20.3. The van der Waals surface area contributed by atoms with Gasteiger partial charge in [-0.3, -0.25) is 0 Å². The number of nitrogens with one attached hydrogen (secondary N) is 1. The lowest BCUT2D eigenvalue weighted by Crippen LogP contribution is -2.54. The van der Waals surface area contributed by atoms with E-state index in [1.54, 1.807) is 0 Å². The molecule has 1 aromatic rings. The fourth-order valence-electron chi connectivity index (χ4n) is 3.89. The van der Waals surface area contributed by atoms with Gasteiger partial charge < -0.3 is 19.9 Å². The molecule has 1 unspecified atom stereocenters. The van der Waals surface area contributed by atoms with E-state index in [2.05, 4.69) is 10.1 Å². The number of hydrogen-bond donors (Lipinski definition) is 1. The molecule has 0 radical (unpaired) electrons. The van der Waals surface area contributed by atoms with Gasteiger partial charge in [0.2, 0.25) is 0 Å². The molecule has 1 amide bonds. The van der Waals surface area contributed by atoms with Crippen LogP contribution in [0.25, 0.3) is 0 Å². The summed E-state index contributed by atoms with van der Waals surface area (Å²) in [5.74, 6) is 0. The van der Waals surface area contributed by atoms with Gasteiger partial charge in [0.1, 0.15) is 0 Å². The highest BCUT2D eigenvalue weighted by Gasteiger charge is 2.60. The molecule has 1 N–H and O–H groups in total. The molecule has 0 bridgehead atoms. The summed E-state index contributed by atoms with van der Waals surface area (Å²) in [7, 11) is 0. The topological polar surface area (TPSA) is 44.8 Å². The molecule has 5 nitrogen and oxygen atoms in total. The van der Waals surface area contributed by atoms with Crippen molar-refractivity contribution in [2.45, 2.75) is 76.7 Å². The Bertz CT molecular complexity index is 858. The van der Waals surface area contributed by atoms with E-state index in [1.165, 1.54) is 6.92 Å². The zero-order valence-corrected chi connectivity index (χ0v) is 21.0. The van der Waals surface area contributed by atoms with Crippen molar-refractivity contribution in [2.75, 3.05) is 31.1 Å². The maximum absolute atomic E-state index is 13.3. The Hall–Kier alpha value is -1.95. The van der Waals surface area contributed by atoms with Crippen molar-refractivity contribution in [2.24, 2.45) is 0 Å². The number of amides is 1. The molecule has 13 heteroatoms. The van der Waals surface area contributed by atoms with Crippen LogP contribution in [0, 0.1) is 0 Å². The molecule has 2 rings (SSSR count). The van der Waals surface area contributed by atoms with Crippen LogP contribution in [-0.2, 0) is 11.3 Å². The minimum Gasteiger partial charge on any atom is -0.426 e. The first kappa shape index (κ1) is 30.3. The minimum atomic E-state index is -5.76. The Morgan fingerprint density at radius 2 is 1.78 bits per heavy atom. The van der Waals surface area contributed by atoms with Crippen LogP contribution in [0.4, 0.5) is 41.2 Å². The molecule has 36 heavy (non-hydrogen) atoms. The summed E-state index contributed by atoms with van der Waals surface area (Å²) in [6.07, 6.45) is -17.4. The summed E-state index contributed by atoms with van der Waals surface area (Å²) in [4.78, 5) is 14.8. The van der Waals surface area contributed by atoms with Crippen LogP contribution in [-0.4, -0.2) is 67.3 Å². The Morgan fingerprint density at radius 1 is 1.19 bits per heavy atom. The Morgan fingerprint density at radius 3 is 2.28 bits per heavy atom. The van der Waals surface area contributed by atoms with Crippen molar-refractivity contribution in [3.8, 4) is 0 Å². The monoisotopic (exact) mass is 549 g/mol. The van der Waals surface area contributed by atoms with Crippen molar-refractivity contribution < 1.29 is 40.3 Å². The summed E-state index contributed by atoms with van der Waals surface area (Å²) >= 11 is 6.62. The average Bonchev–Trinajstić information content (AvgIpc) is 2.76. The Kier molecular flexibility index (Phi) is 10.1. The number of piperidine rings is 1. The van der Waals surface area contributed by atoms with E-state index < -0.39 is 36.3 Å². The predicted octanol–water partition coefficient (Wildman–Crippen LogP) is 6.49. The van der Waals surface area contributed by atoms with Crippen molar-refractivity contribution in [1.29, 1.82) is 0 Å². The van der Waals surface area contributed by atoms with E-state index in [1.807, 2.05) is 36.9 Å². The summed E-state index contributed by atoms with van der Waals surface area (Å²) < 4.78 is 93.2. The summed E-state index contributed by atoms with van der Waals surface area (Å²) in [6.45, 7) is 6.60. The molecule has 0 spiro atoms. The molecule has 1 aliphatic rings. The molecular weight excluding hydrogens is 519 g/mol. The number of likely N-dealkylation sites (tertiary alicyclic amines) is 1. The first-order chi connectivity index (χ1) is 16.6. The lowest BCUT2D eigenvalue weighted by molar-refractivity contribution is -0.308. The van der Waals surface area contributed by atoms with Crippen LogP contribution in [0.5, 0.6) is 0 Å². The SMILES string of the molecule is CCN(CCC(C)F)c1cccc(CNC2(C)CCN(C(=O)OC(C(F)(F)F)C(F)(F)F)CC2)c1Cl. The smallest absolute Gasteiger partial charge is 0.426 e. The number of rotatable bonds is 9. The second-order valence-electron chi connectivity index (χ2n) is 9.15. The second-order valence-corrected chi connectivity index (χ2v) is 9.53. The first-order valence-electron chi connectivity index (χ1n) is 11.6. The number of carbonyl (C=O) groups is 1. The summed E-state index contributed by atoms with van der Waals surface area (Å²) in [5.41, 5.74) is 1.00. The van der Waals surface area contributed by atoms with Gasteiger partial charge in [0.05, 0.1) is 16.9 Å². The standard InChI is InChI=1S/C23H31ClF7N3O2/c1-4-33(11-8-15(2)25)17-7-5-6-16(18(17)24)14-32-21(3)9-12-34(13-10-21)20(35)36-19(22(26,27)28)23(29,30)31/h5-7,15,19,32H,4,8-14H2,1-3H3. The van der Waals surface area contributed by atoms with Gasteiger partial charge in [-0.2, -0.15) is 26.3 Å². The van der Waals surface area contributed by atoms with E-state index in [0.29, 0.717) is 31.1 Å². The van der Waals surface area contributed by atoms with Crippen LogP contribution in [0.2, 0.25) is 5.02 Å². The molecule has 1 saturated heterocycles. The highest BCUT2D eigenvalue weighted by Crippen LogP contribution is 2.36. The number of hydrogen-bond acceptors (Lipinski definition) is 4. The molecular formula is C23H31ClF7N3O2. The normalized spacial score (nSPS) is 17.3. The number of carbonyl (C=O) groups excluding carboxylic acids is 1. The first-order valence-corrected chi connectivity index (χ1v) is 12.0. The molecule has 0 saturated carbocycles. The summed E-state index contributed by atoms with van der Waals surface area (Å²) in [5, 5.41) is 3.84.